The summed E-state index contributed by atoms with van der Waals surface area (Å²) in [7, 11) is 0. The van der Waals surface area contributed by atoms with Crippen molar-refractivity contribution in [3.8, 4) is 0 Å². The summed E-state index contributed by atoms with van der Waals surface area (Å²) in [6.07, 6.45) is 0.825. The third kappa shape index (κ3) is 2.32. The lowest BCUT2D eigenvalue weighted by atomic mass is 10.1. The Morgan fingerprint density at radius 1 is 1.43 bits per heavy atom. The van der Waals surface area contributed by atoms with Gasteiger partial charge < -0.3 is 10.5 Å². The Hall–Kier alpha value is -1.84. The van der Waals surface area contributed by atoms with Crippen LogP contribution in [0.1, 0.15) is 11.1 Å². The number of benzene rings is 1. The molecule has 0 spiro atoms. The summed E-state index contributed by atoms with van der Waals surface area (Å²) in [5.41, 5.74) is 2.71. The van der Waals surface area contributed by atoms with Crippen LogP contribution >= 0.6 is 0 Å². The Balaban J connectivity index is 2.91. The van der Waals surface area contributed by atoms with Gasteiger partial charge in [-0.05, 0) is 25.0 Å². The van der Waals surface area contributed by atoms with Crippen molar-refractivity contribution in [2.45, 2.75) is 13.8 Å². The van der Waals surface area contributed by atoms with Crippen LogP contribution < -0.4 is 5.32 Å². The molecule has 0 saturated heterocycles. The zero-order chi connectivity index (χ0) is 10.6. The van der Waals surface area contributed by atoms with E-state index in [1.165, 1.54) is 0 Å². The van der Waals surface area contributed by atoms with E-state index < -0.39 is 5.91 Å². The van der Waals surface area contributed by atoms with E-state index >= 15 is 0 Å². The topological polar surface area (TPSA) is 61.7 Å². The second kappa shape index (κ2) is 4.41. The fourth-order valence-corrected chi connectivity index (χ4v) is 1.22. The monoisotopic (exact) mass is 192 g/mol. The van der Waals surface area contributed by atoms with Crippen LogP contribution in [0.2, 0.25) is 0 Å². The van der Waals surface area contributed by atoms with Gasteiger partial charge in [0.1, 0.15) is 6.21 Å². The van der Waals surface area contributed by atoms with Crippen LogP contribution in [0.5, 0.6) is 0 Å². The van der Waals surface area contributed by atoms with Crippen LogP contribution in [-0.4, -0.2) is 17.3 Å². The molecule has 0 aliphatic heterocycles. The molecular weight excluding hydrogens is 180 g/mol. The van der Waals surface area contributed by atoms with Gasteiger partial charge in [-0.2, -0.15) is 0 Å². The Bertz CT molecular complexity index is 352. The Kier molecular flexibility index (Phi) is 3.23. The number of para-hydroxylation sites is 1. The first-order valence-corrected chi connectivity index (χ1v) is 4.20. The van der Waals surface area contributed by atoms with Gasteiger partial charge in [0.05, 0.1) is 0 Å². The molecule has 0 radical (unpaired) electrons. The average molecular weight is 192 g/mol. The molecular formula is C10H12N2O2. The second-order valence-corrected chi connectivity index (χ2v) is 3.00. The van der Waals surface area contributed by atoms with Gasteiger partial charge >= 0.3 is 0 Å². The SMILES string of the molecule is Cc1cccc(C)c1NC(=O)/C=N/O. The number of anilines is 1. The molecule has 74 valence electrons. The number of rotatable bonds is 2. The standard InChI is InChI=1S/C10H12N2O2/c1-7-4-3-5-8(2)10(7)12-9(13)6-11-14/h3-6,14H,1-2H3,(H,12,13)/b11-6+. The highest BCUT2D eigenvalue weighted by atomic mass is 16.4. The molecule has 0 aliphatic carbocycles. The molecule has 4 nitrogen and oxygen atoms in total. The summed E-state index contributed by atoms with van der Waals surface area (Å²) >= 11 is 0. The Morgan fingerprint density at radius 2 is 2.00 bits per heavy atom. The fraction of sp³-hybridized carbons (Fsp3) is 0.200. The van der Waals surface area contributed by atoms with E-state index in [1.807, 2.05) is 32.0 Å². The number of nitrogens with one attached hydrogen (secondary N) is 1. The maximum absolute atomic E-state index is 11.1. The van der Waals surface area contributed by atoms with Crippen molar-refractivity contribution < 1.29 is 10.0 Å². The molecule has 0 heterocycles. The van der Waals surface area contributed by atoms with Crippen molar-refractivity contribution in [3.63, 3.8) is 0 Å². The Labute approximate surface area is 82.2 Å². The third-order valence-corrected chi connectivity index (χ3v) is 1.90. The summed E-state index contributed by atoms with van der Waals surface area (Å²) in [5, 5.41) is 13.4. The number of hydrogen-bond acceptors (Lipinski definition) is 3. The molecule has 1 rings (SSSR count). The van der Waals surface area contributed by atoms with E-state index in [4.69, 9.17) is 5.21 Å². The molecule has 0 bridgehead atoms. The number of amides is 1. The largest absolute Gasteiger partial charge is 0.411 e. The van der Waals surface area contributed by atoms with Crippen LogP contribution in [-0.2, 0) is 4.79 Å². The van der Waals surface area contributed by atoms with Crippen molar-refractivity contribution in [3.05, 3.63) is 29.3 Å². The quantitative estimate of drug-likeness (QED) is 0.425. The van der Waals surface area contributed by atoms with Crippen LogP contribution in [0.3, 0.4) is 0 Å². The van der Waals surface area contributed by atoms with Crippen LogP contribution in [0, 0.1) is 13.8 Å². The van der Waals surface area contributed by atoms with Crippen molar-refractivity contribution in [2.75, 3.05) is 5.32 Å². The molecule has 0 aliphatic rings. The van der Waals surface area contributed by atoms with Gasteiger partial charge in [-0.3, -0.25) is 4.79 Å². The van der Waals surface area contributed by atoms with E-state index in [1.54, 1.807) is 0 Å². The predicted molar refractivity (Wildman–Crippen MR) is 54.8 cm³/mol. The zero-order valence-corrected chi connectivity index (χ0v) is 8.11. The van der Waals surface area contributed by atoms with Gasteiger partial charge in [0.15, 0.2) is 0 Å². The van der Waals surface area contributed by atoms with E-state index in [0.29, 0.717) is 0 Å². The maximum Gasteiger partial charge on any atom is 0.270 e. The van der Waals surface area contributed by atoms with Gasteiger partial charge in [0, 0.05) is 5.69 Å². The number of hydrogen-bond donors (Lipinski definition) is 2. The van der Waals surface area contributed by atoms with Crippen molar-refractivity contribution in [1.29, 1.82) is 0 Å². The molecule has 0 fully saturated rings. The molecule has 4 heteroatoms. The van der Waals surface area contributed by atoms with E-state index in [2.05, 4.69) is 10.5 Å². The minimum atomic E-state index is -0.440. The summed E-state index contributed by atoms with van der Waals surface area (Å²) in [5.74, 6) is -0.440. The van der Waals surface area contributed by atoms with Gasteiger partial charge in [0.25, 0.3) is 5.91 Å². The number of nitrogens with zero attached hydrogens (tertiary/aromatic N) is 1. The predicted octanol–water partition coefficient (Wildman–Crippen LogP) is 1.70. The third-order valence-electron chi connectivity index (χ3n) is 1.90. The summed E-state index contributed by atoms with van der Waals surface area (Å²) < 4.78 is 0. The highest BCUT2D eigenvalue weighted by molar-refractivity contribution is 6.31. The molecule has 1 aromatic carbocycles. The first kappa shape index (κ1) is 10.2. The van der Waals surface area contributed by atoms with E-state index in [-0.39, 0.29) is 0 Å². The van der Waals surface area contributed by atoms with Gasteiger partial charge in [-0.15, -0.1) is 0 Å². The maximum atomic E-state index is 11.1. The molecule has 1 amide bonds. The van der Waals surface area contributed by atoms with Crippen molar-refractivity contribution >= 4 is 17.8 Å². The summed E-state index contributed by atoms with van der Waals surface area (Å²) in [6.45, 7) is 3.80. The average Bonchev–Trinajstić information content (AvgIpc) is 2.12. The molecule has 0 saturated carbocycles. The number of aryl methyl sites for hydroxylation is 2. The minimum absolute atomic E-state index is 0.440. The summed E-state index contributed by atoms with van der Waals surface area (Å²) in [4.78, 5) is 11.1. The smallest absolute Gasteiger partial charge is 0.270 e. The molecule has 14 heavy (non-hydrogen) atoms. The lowest BCUT2D eigenvalue weighted by Crippen LogP contribution is -2.14. The first-order valence-electron chi connectivity index (χ1n) is 4.20. The lowest BCUT2D eigenvalue weighted by molar-refractivity contribution is -0.110. The Morgan fingerprint density at radius 3 is 2.50 bits per heavy atom. The lowest BCUT2D eigenvalue weighted by Gasteiger charge is -2.08. The van der Waals surface area contributed by atoms with E-state index in [9.17, 15) is 4.79 Å². The number of oxime groups is 1. The highest BCUT2D eigenvalue weighted by Gasteiger charge is 2.04. The van der Waals surface area contributed by atoms with Crippen LogP contribution in [0.4, 0.5) is 5.69 Å². The van der Waals surface area contributed by atoms with Gasteiger partial charge in [0.2, 0.25) is 0 Å². The first-order chi connectivity index (χ1) is 6.65. The number of carbonyl (C=O) groups excluding carboxylic acids is 1. The number of carbonyl (C=O) groups is 1. The molecule has 1 aromatic rings. The van der Waals surface area contributed by atoms with Crippen molar-refractivity contribution in [2.24, 2.45) is 5.16 Å². The second-order valence-electron chi connectivity index (χ2n) is 3.00. The summed E-state index contributed by atoms with van der Waals surface area (Å²) in [6, 6.07) is 5.72. The fourth-order valence-electron chi connectivity index (χ4n) is 1.22. The molecule has 0 unspecified atom stereocenters. The zero-order valence-electron chi connectivity index (χ0n) is 8.11. The van der Waals surface area contributed by atoms with Gasteiger partial charge in [-0.25, -0.2) is 0 Å². The molecule has 0 atom stereocenters. The van der Waals surface area contributed by atoms with Crippen molar-refractivity contribution in [1.82, 2.24) is 0 Å². The van der Waals surface area contributed by atoms with E-state index in [0.717, 1.165) is 23.0 Å². The van der Waals surface area contributed by atoms with Crippen LogP contribution in [0.15, 0.2) is 23.4 Å². The molecule has 0 aromatic heterocycles. The highest BCUT2D eigenvalue weighted by Crippen LogP contribution is 2.18. The molecule has 2 N–H and O–H groups in total. The normalized spacial score (nSPS) is 10.4. The van der Waals surface area contributed by atoms with Gasteiger partial charge in [-0.1, -0.05) is 23.4 Å². The minimum Gasteiger partial charge on any atom is -0.411 e. The van der Waals surface area contributed by atoms with Crippen LogP contribution in [0.25, 0.3) is 0 Å².